The first kappa shape index (κ1) is 13.3. The van der Waals surface area contributed by atoms with Gasteiger partial charge in [-0.3, -0.25) is 0 Å². The summed E-state index contributed by atoms with van der Waals surface area (Å²) in [7, 11) is 0. The molecular weight excluding hydrogens is 325 g/mol. The van der Waals surface area contributed by atoms with Gasteiger partial charge in [-0.1, -0.05) is 12.1 Å². The number of nitrogens with one attached hydrogen (secondary N) is 1. The average Bonchev–Trinajstić information content (AvgIpc) is 2.89. The Morgan fingerprint density at radius 3 is 3.16 bits per heavy atom. The third kappa shape index (κ3) is 2.76. The number of thiophene rings is 1. The smallest absolute Gasteiger partial charge is 0.137 e. The maximum Gasteiger partial charge on any atom is 0.137 e. The van der Waals surface area contributed by atoms with E-state index in [1.807, 2.05) is 17.4 Å². The largest absolute Gasteiger partial charge is 0.306 e. The molecule has 0 spiro atoms. The summed E-state index contributed by atoms with van der Waals surface area (Å²) in [6.07, 6.45) is 3.60. The number of benzene rings is 1. The van der Waals surface area contributed by atoms with Crippen LogP contribution in [-0.2, 0) is 13.0 Å². The van der Waals surface area contributed by atoms with E-state index >= 15 is 0 Å². The molecule has 0 saturated heterocycles. The molecule has 0 fully saturated rings. The third-order valence-electron chi connectivity index (χ3n) is 3.62. The molecule has 4 heteroatoms. The first-order valence-electron chi connectivity index (χ1n) is 6.48. The topological polar surface area (TPSA) is 12.0 Å². The van der Waals surface area contributed by atoms with Gasteiger partial charge < -0.3 is 5.32 Å². The van der Waals surface area contributed by atoms with Gasteiger partial charge in [-0.25, -0.2) is 4.39 Å². The van der Waals surface area contributed by atoms with E-state index in [2.05, 4.69) is 32.7 Å². The standard InChI is InChI=1S/C15H15BrFNS/c16-15-10(3-1-4-12(15)17)9-18-13-5-2-6-14-11(13)7-8-19-14/h1,3-4,7-8,13,18H,2,5-6,9H2. The van der Waals surface area contributed by atoms with Crippen molar-refractivity contribution in [1.82, 2.24) is 5.32 Å². The van der Waals surface area contributed by atoms with E-state index in [1.165, 1.54) is 29.3 Å². The minimum atomic E-state index is -0.195. The molecule has 1 aliphatic rings. The molecule has 2 aromatic rings. The van der Waals surface area contributed by atoms with E-state index in [4.69, 9.17) is 0 Å². The Morgan fingerprint density at radius 2 is 2.26 bits per heavy atom. The molecule has 0 saturated carbocycles. The summed E-state index contributed by atoms with van der Waals surface area (Å²) in [5.74, 6) is -0.195. The number of aryl methyl sites for hydroxylation is 1. The van der Waals surface area contributed by atoms with Crippen molar-refractivity contribution in [2.24, 2.45) is 0 Å². The molecule has 19 heavy (non-hydrogen) atoms. The van der Waals surface area contributed by atoms with Crippen molar-refractivity contribution in [2.75, 3.05) is 0 Å². The van der Waals surface area contributed by atoms with E-state index in [9.17, 15) is 4.39 Å². The molecule has 1 heterocycles. The van der Waals surface area contributed by atoms with Gasteiger partial charge in [0.1, 0.15) is 5.82 Å². The van der Waals surface area contributed by atoms with Crippen molar-refractivity contribution in [3.8, 4) is 0 Å². The predicted molar refractivity (Wildman–Crippen MR) is 80.9 cm³/mol. The first-order chi connectivity index (χ1) is 9.25. The Morgan fingerprint density at radius 1 is 1.37 bits per heavy atom. The lowest BCUT2D eigenvalue weighted by Crippen LogP contribution is -2.24. The minimum Gasteiger partial charge on any atom is -0.306 e. The molecule has 100 valence electrons. The van der Waals surface area contributed by atoms with Gasteiger partial charge in [-0.05, 0) is 63.8 Å². The van der Waals surface area contributed by atoms with E-state index in [-0.39, 0.29) is 5.82 Å². The summed E-state index contributed by atoms with van der Waals surface area (Å²) in [6.45, 7) is 0.693. The summed E-state index contributed by atoms with van der Waals surface area (Å²) in [5.41, 5.74) is 2.41. The van der Waals surface area contributed by atoms with Crippen molar-refractivity contribution >= 4 is 27.3 Å². The number of rotatable bonds is 3. The highest BCUT2D eigenvalue weighted by molar-refractivity contribution is 9.10. The number of hydrogen-bond donors (Lipinski definition) is 1. The number of fused-ring (bicyclic) bond motifs is 1. The molecule has 1 aromatic carbocycles. The normalized spacial score (nSPS) is 18.3. The lowest BCUT2D eigenvalue weighted by molar-refractivity contribution is 0.461. The number of hydrogen-bond acceptors (Lipinski definition) is 2. The van der Waals surface area contributed by atoms with Gasteiger partial charge in [0.15, 0.2) is 0 Å². The maximum atomic E-state index is 13.5. The van der Waals surface area contributed by atoms with Gasteiger partial charge in [0.25, 0.3) is 0 Å². The molecular formula is C15H15BrFNS. The minimum absolute atomic E-state index is 0.195. The zero-order valence-corrected chi connectivity index (χ0v) is 12.9. The molecule has 0 radical (unpaired) electrons. The fraction of sp³-hybridized carbons (Fsp3) is 0.333. The Bertz CT molecular complexity index is 581. The summed E-state index contributed by atoms with van der Waals surface area (Å²) < 4.78 is 14.0. The Kier molecular flexibility index (Phi) is 4.01. The van der Waals surface area contributed by atoms with Gasteiger partial charge in [-0.2, -0.15) is 0 Å². The van der Waals surface area contributed by atoms with Crippen LogP contribution >= 0.6 is 27.3 Å². The summed E-state index contributed by atoms with van der Waals surface area (Å²) in [4.78, 5) is 1.50. The molecule has 1 N–H and O–H groups in total. The van der Waals surface area contributed by atoms with Crippen LogP contribution in [0.15, 0.2) is 34.1 Å². The van der Waals surface area contributed by atoms with Crippen LogP contribution in [0.2, 0.25) is 0 Å². The van der Waals surface area contributed by atoms with Crippen LogP contribution in [0, 0.1) is 5.82 Å². The van der Waals surface area contributed by atoms with E-state index in [0.717, 1.165) is 12.0 Å². The highest BCUT2D eigenvalue weighted by atomic mass is 79.9. The predicted octanol–water partition coefficient (Wildman–Crippen LogP) is 4.82. The quantitative estimate of drug-likeness (QED) is 0.845. The molecule has 1 aromatic heterocycles. The molecule has 3 rings (SSSR count). The molecule has 0 aliphatic heterocycles. The molecule has 1 unspecified atom stereocenters. The summed E-state index contributed by atoms with van der Waals surface area (Å²) in [5, 5.41) is 5.73. The molecule has 1 aliphatic carbocycles. The van der Waals surface area contributed by atoms with Crippen LogP contribution < -0.4 is 5.32 Å². The van der Waals surface area contributed by atoms with Crippen LogP contribution in [0.1, 0.15) is 34.9 Å². The Labute approximate surface area is 125 Å². The second-order valence-corrected chi connectivity index (χ2v) is 6.63. The van der Waals surface area contributed by atoms with Gasteiger partial charge in [0.2, 0.25) is 0 Å². The maximum absolute atomic E-state index is 13.5. The zero-order valence-electron chi connectivity index (χ0n) is 10.5. The Hall–Kier alpha value is -0.710. The molecule has 0 bridgehead atoms. The highest BCUT2D eigenvalue weighted by Crippen LogP contribution is 2.33. The van der Waals surface area contributed by atoms with Gasteiger partial charge in [-0.15, -0.1) is 11.3 Å². The van der Waals surface area contributed by atoms with Crippen LogP contribution in [0.5, 0.6) is 0 Å². The SMILES string of the molecule is Fc1cccc(CNC2CCCc3sccc32)c1Br. The van der Waals surface area contributed by atoms with Crippen molar-refractivity contribution in [2.45, 2.75) is 31.8 Å². The molecule has 1 atom stereocenters. The summed E-state index contributed by atoms with van der Waals surface area (Å²) in [6, 6.07) is 7.82. The van der Waals surface area contributed by atoms with E-state index in [0.29, 0.717) is 17.1 Å². The van der Waals surface area contributed by atoms with Crippen molar-refractivity contribution in [3.05, 3.63) is 55.9 Å². The van der Waals surface area contributed by atoms with Crippen molar-refractivity contribution in [3.63, 3.8) is 0 Å². The second kappa shape index (κ2) is 5.73. The molecule has 0 amide bonds. The molecule has 1 nitrogen and oxygen atoms in total. The van der Waals surface area contributed by atoms with Crippen LogP contribution in [-0.4, -0.2) is 0 Å². The second-order valence-electron chi connectivity index (χ2n) is 4.84. The van der Waals surface area contributed by atoms with Crippen LogP contribution in [0.3, 0.4) is 0 Å². The zero-order chi connectivity index (χ0) is 13.2. The lowest BCUT2D eigenvalue weighted by Gasteiger charge is -2.24. The number of halogens is 2. The van der Waals surface area contributed by atoms with E-state index < -0.39 is 0 Å². The van der Waals surface area contributed by atoms with Gasteiger partial charge in [0, 0.05) is 17.5 Å². The van der Waals surface area contributed by atoms with E-state index in [1.54, 1.807) is 6.07 Å². The van der Waals surface area contributed by atoms with Crippen molar-refractivity contribution in [1.29, 1.82) is 0 Å². The Balaban J connectivity index is 1.73. The lowest BCUT2D eigenvalue weighted by atomic mass is 9.94. The average molecular weight is 340 g/mol. The highest BCUT2D eigenvalue weighted by Gasteiger charge is 2.20. The fourth-order valence-corrected chi connectivity index (χ4v) is 4.01. The van der Waals surface area contributed by atoms with Crippen LogP contribution in [0.25, 0.3) is 0 Å². The fourth-order valence-electron chi connectivity index (χ4n) is 2.62. The van der Waals surface area contributed by atoms with Crippen LogP contribution in [0.4, 0.5) is 4.39 Å². The summed E-state index contributed by atoms with van der Waals surface area (Å²) >= 11 is 5.16. The van der Waals surface area contributed by atoms with Crippen molar-refractivity contribution < 1.29 is 4.39 Å². The van der Waals surface area contributed by atoms with Gasteiger partial charge in [0.05, 0.1) is 4.47 Å². The first-order valence-corrected chi connectivity index (χ1v) is 8.15. The monoisotopic (exact) mass is 339 g/mol. The third-order valence-corrected chi connectivity index (χ3v) is 5.51. The van der Waals surface area contributed by atoms with Gasteiger partial charge >= 0.3 is 0 Å².